The molecule has 0 radical (unpaired) electrons. The van der Waals surface area contributed by atoms with Crippen LogP contribution in [0, 0.1) is 11.7 Å². The number of hydrogen-bond acceptors (Lipinski definition) is 2. The summed E-state index contributed by atoms with van der Waals surface area (Å²) < 4.78 is 12.9. The van der Waals surface area contributed by atoms with Gasteiger partial charge in [0.25, 0.3) is 0 Å². The monoisotopic (exact) mass is 312 g/mol. The van der Waals surface area contributed by atoms with E-state index in [4.69, 9.17) is 5.73 Å². The molecule has 0 unspecified atom stereocenters. The Morgan fingerprint density at radius 3 is 2.35 bits per heavy atom. The number of nitrogens with two attached hydrogens (primary N) is 1. The van der Waals surface area contributed by atoms with Crippen LogP contribution in [0.15, 0.2) is 54.6 Å². The lowest BCUT2D eigenvalue weighted by Gasteiger charge is -2.16. The van der Waals surface area contributed by atoms with Gasteiger partial charge in [0, 0.05) is 5.92 Å². The van der Waals surface area contributed by atoms with Crippen molar-refractivity contribution in [2.24, 2.45) is 11.7 Å². The fraction of sp³-hybridized carbons (Fsp3) is 0.222. The van der Waals surface area contributed by atoms with Gasteiger partial charge in [-0.3, -0.25) is 9.59 Å². The predicted octanol–water partition coefficient (Wildman–Crippen LogP) is 2.27. The van der Waals surface area contributed by atoms with Gasteiger partial charge in [0.1, 0.15) is 11.9 Å². The third-order valence-corrected chi connectivity index (χ3v) is 4.13. The molecule has 23 heavy (non-hydrogen) atoms. The number of amides is 2. The molecule has 0 bridgehead atoms. The van der Waals surface area contributed by atoms with Crippen LogP contribution in [0.5, 0.6) is 0 Å². The molecule has 2 amide bonds. The van der Waals surface area contributed by atoms with Crippen molar-refractivity contribution in [1.29, 1.82) is 0 Å². The molecule has 3 N–H and O–H groups in total. The fourth-order valence-electron chi connectivity index (χ4n) is 2.78. The molecule has 1 aliphatic rings. The van der Waals surface area contributed by atoms with Gasteiger partial charge in [0.2, 0.25) is 11.8 Å². The second kappa shape index (κ2) is 6.20. The normalized spacial score (nSPS) is 20.6. The molecule has 1 fully saturated rings. The molecule has 118 valence electrons. The first-order valence-electron chi connectivity index (χ1n) is 7.46. The molecule has 3 rings (SSSR count). The average molecular weight is 312 g/mol. The highest BCUT2D eigenvalue weighted by Gasteiger charge is 2.44. The van der Waals surface area contributed by atoms with Gasteiger partial charge in [-0.1, -0.05) is 42.5 Å². The van der Waals surface area contributed by atoms with Crippen molar-refractivity contribution in [2.75, 3.05) is 0 Å². The number of nitrogens with one attached hydrogen (secondary N) is 1. The molecule has 2 aromatic rings. The molecule has 0 aromatic heterocycles. The zero-order valence-corrected chi connectivity index (χ0v) is 12.4. The number of rotatable bonds is 5. The topological polar surface area (TPSA) is 72.2 Å². The van der Waals surface area contributed by atoms with E-state index in [0.29, 0.717) is 12.0 Å². The number of benzene rings is 2. The predicted molar refractivity (Wildman–Crippen MR) is 83.8 cm³/mol. The molecule has 3 atom stereocenters. The lowest BCUT2D eigenvalue weighted by molar-refractivity contribution is -0.128. The van der Waals surface area contributed by atoms with E-state index < -0.39 is 11.9 Å². The van der Waals surface area contributed by atoms with Gasteiger partial charge in [-0.2, -0.15) is 0 Å². The van der Waals surface area contributed by atoms with Gasteiger partial charge < -0.3 is 11.1 Å². The maximum absolute atomic E-state index is 12.9. The standard InChI is InChI=1S/C18H17FN2O2/c19-13-8-6-11(7-9-13)14-10-15(14)18(23)21-16(17(20)22)12-4-2-1-3-5-12/h1-9,14-16H,10H2,(H2,20,22)(H,21,23)/t14-,15+,16-/m1/s1. The largest absolute Gasteiger partial charge is 0.368 e. The molecule has 0 saturated heterocycles. The minimum Gasteiger partial charge on any atom is -0.368 e. The van der Waals surface area contributed by atoms with Crippen LogP contribution in [0.1, 0.15) is 29.5 Å². The smallest absolute Gasteiger partial charge is 0.244 e. The molecular weight excluding hydrogens is 295 g/mol. The summed E-state index contributed by atoms with van der Waals surface area (Å²) in [6.45, 7) is 0. The van der Waals surface area contributed by atoms with Crippen molar-refractivity contribution in [3.63, 3.8) is 0 Å². The van der Waals surface area contributed by atoms with Gasteiger partial charge in [0.15, 0.2) is 0 Å². The summed E-state index contributed by atoms with van der Waals surface area (Å²) in [6, 6.07) is 14.2. The number of primary amides is 1. The minimum atomic E-state index is -0.835. The second-order valence-corrected chi connectivity index (χ2v) is 5.75. The van der Waals surface area contributed by atoms with E-state index in [9.17, 15) is 14.0 Å². The highest BCUT2D eigenvalue weighted by atomic mass is 19.1. The summed E-state index contributed by atoms with van der Waals surface area (Å²) in [5.41, 5.74) is 7.00. The summed E-state index contributed by atoms with van der Waals surface area (Å²) in [5, 5.41) is 2.72. The Morgan fingerprint density at radius 2 is 1.74 bits per heavy atom. The Balaban J connectivity index is 1.67. The van der Waals surface area contributed by atoms with Gasteiger partial charge in [0.05, 0.1) is 0 Å². The SMILES string of the molecule is NC(=O)[C@H](NC(=O)[C@H]1C[C@@H]1c1ccc(F)cc1)c1ccccc1. The first-order chi connectivity index (χ1) is 11.1. The van der Waals surface area contributed by atoms with Crippen molar-refractivity contribution < 1.29 is 14.0 Å². The third kappa shape index (κ3) is 3.39. The second-order valence-electron chi connectivity index (χ2n) is 5.75. The van der Waals surface area contributed by atoms with E-state index in [2.05, 4.69) is 5.32 Å². The summed E-state index contributed by atoms with van der Waals surface area (Å²) in [7, 11) is 0. The Kier molecular flexibility index (Phi) is 4.10. The van der Waals surface area contributed by atoms with Crippen LogP contribution in [0.2, 0.25) is 0 Å². The molecule has 0 heterocycles. The highest BCUT2D eigenvalue weighted by Crippen LogP contribution is 2.47. The van der Waals surface area contributed by atoms with Gasteiger partial charge in [-0.25, -0.2) is 4.39 Å². The Hall–Kier alpha value is -2.69. The van der Waals surface area contributed by atoms with E-state index in [0.717, 1.165) is 5.56 Å². The third-order valence-electron chi connectivity index (χ3n) is 4.13. The van der Waals surface area contributed by atoms with Crippen molar-refractivity contribution in [2.45, 2.75) is 18.4 Å². The highest BCUT2D eigenvalue weighted by molar-refractivity contribution is 5.90. The summed E-state index contributed by atoms with van der Waals surface area (Å²) in [5.74, 6) is -1.23. The molecule has 4 nitrogen and oxygen atoms in total. The first kappa shape index (κ1) is 15.2. The summed E-state index contributed by atoms with van der Waals surface area (Å²) in [4.78, 5) is 24.0. The molecular formula is C18H17FN2O2. The molecule has 1 saturated carbocycles. The van der Waals surface area contributed by atoms with Crippen LogP contribution in [0.3, 0.4) is 0 Å². The summed E-state index contributed by atoms with van der Waals surface area (Å²) in [6.07, 6.45) is 0.692. The van der Waals surface area contributed by atoms with Crippen LogP contribution >= 0.6 is 0 Å². The zero-order chi connectivity index (χ0) is 16.4. The number of carbonyl (C=O) groups is 2. The Labute approximate surface area is 133 Å². The average Bonchev–Trinajstić information content (AvgIpc) is 3.34. The van der Waals surface area contributed by atoms with Gasteiger partial charge >= 0.3 is 0 Å². The van der Waals surface area contributed by atoms with Gasteiger partial charge in [-0.05, 0) is 35.6 Å². The molecule has 5 heteroatoms. The number of hydrogen-bond donors (Lipinski definition) is 2. The van der Waals surface area contributed by atoms with E-state index in [1.165, 1.54) is 12.1 Å². The van der Waals surface area contributed by atoms with Crippen molar-refractivity contribution >= 4 is 11.8 Å². The Morgan fingerprint density at radius 1 is 1.09 bits per heavy atom. The van der Waals surface area contributed by atoms with Crippen molar-refractivity contribution in [3.05, 3.63) is 71.5 Å². The summed E-state index contributed by atoms with van der Waals surface area (Å²) >= 11 is 0. The molecule has 1 aliphatic carbocycles. The van der Waals surface area contributed by atoms with Gasteiger partial charge in [-0.15, -0.1) is 0 Å². The molecule has 2 aromatic carbocycles. The van der Waals surface area contributed by atoms with Crippen LogP contribution in [0.4, 0.5) is 4.39 Å². The van der Waals surface area contributed by atoms with Crippen LogP contribution in [0.25, 0.3) is 0 Å². The van der Waals surface area contributed by atoms with E-state index in [1.54, 1.807) is 36.4 Å². The van der Waals surface area contributed by atoms with E-state index in [1.807, 2.05) is 6.07 Å². The quantitative estimate of drug-likeness (QED) is 0.889. The lowest BCUT2D eigenvalue weighted by Crippen LogP contribution is -2.38. The number of halogens is 1. The van der Waals surface area contributed by atoms with Crippen LogP contribution in [-0.4, -0.2) is 11.8 Å². The van der Waals surface area contributed by atoms with E-state index in [-0.39, 0.29) is 23.6 Å². The van der Waals surface area contributed by atoms with Crippen LogP contribution in [-0.2, 0) is 9.59 Å². The molecule has 0 aliphatic heterocycles. The van der Waals surface area contributed by atoms with E-state index >= 15 is 0 Å². The Bertz CT molecular complexity index is 716. The van der Waals surface area contributed by atoms with Crippen LogP contribution < -0.4 is 11.1 Å². The fourth-order valence-corrected chi connectivity index (χ4v) is 2.78. The van der Waals surface area contributed by atoms with Crippen molar-refractivity contribution in [1.82, 2.24) is 5.32 Å². The van der Waals surface area contributed by atoms with Crippen molar-refractivity contribution in [3.8, 4) is 0 Å². The maximum Gasteiger partial charge on any atom is 0.244 e. The zero-order valence-electron chi connectivity index (χ0n) is 12.4. The minimum absolute atomic E-state index is 0.0694. The first-order valence-corrected chi connectivity index (χ1v) is 7.46. The number of carbonyl (C=O) groups excluding carboxylic acids is 2. The lowest BCUT2D eigenvalue weighted by atomic mass is 10.1. The maximum atomic E-state index is 12.9. The molecule has 0 spiro atoms.